The number of amides is 2. The highest BCUT2D eigenvalue weighted by Gasteiger charge is 2.34. The summed E-state index contributed by atoms with van der Waals surface area (Å²) in [5.74, 6) is 0.436. The second kappa shape index (κ2) is 5.42. The molecular formula is C18H14N2O4. The van der Waals surface area contributed by atoms with Gasteiger partial charge in [0.2, 0.25) is 6.79 Å². The van der Waals surface area contributed by atoms with Gasteiger partial charge in [0.05, 0.1) is 5.69 Å². The molecule has 0 aromatic heterocycles. The van der Waals surface area contributed by atoms with Gasteiger partial charge >= 0.3 is 0 Å². The van der Waals surface area contributed by atoms with Crippen LogP contribution in [0.15, 0.2) is 48.0 Å². The van der Waals surface area contributed by atoms with E-state index in [-0.39, 0.29) is 18.3 Å². The molecule has 0 saturated carbocycles. The van der Waals surface area contributed by atoms with Gasteiger partial charge in [-0.05, 0) is 42.8 Å². The third-order valence-corrected chi connectivity index (χ3v) is 3.89. The lowest BCUT2D eigenvalue weighted by Gasteiger charge is -2.14. The molecule has 2 aliphatic rings. The Morgan fingerprint density at radius 3 is 2.58 bits per heavy atom. The molecule has 0 bridgehead atoms. The van der Waals surface area contributed by atoms with E-state index in [1.54, 1.807) is 36.4 Å². The van der Waals surface area contributed by atoms with Crippen molar-refractivity contribution in [1.29, 1.82) is 0 Å². The molecule has 2 amide bonds. The number of anilines is 1. The second-order valence-corrected chi connectivity index (χ2v) is 5.59. The van der Waals surface area contributed by atoms with Crippen molar-refractivity contribution in [3.63, 3.8) is 0 Å². The van der Waals surface area contributed by atoms with Gasteiger partial charge in [-0.15, -0.1) is 0 Å². The van der Waals surface area contributed by atoms with Gasteiger partial charge in [-0.25, -0.2) is 5.01 Å². The van der Waals surface area contributed by atoms with E-state index in [4.69, 9.17) is 9.47 Å². The molecule has 1 saturated heterocycles. The minimum absolute atomic E-state index is 0.0782. The van der Waals surface area contributed by atoms with Crippen molar-refractivity contribution in [3.05, 3.63) is 59.2 Å². The Balaban J connectivity index is 1.65. The van der Waals surface area contributed by atoms with Crippen LogP contribution in [0.2, 0.25) is 0 Å². The van der Waals surface area contributed by atoms with E-state index in [1.807, 2.05) is 19.1 Å². The van der Waals surface area contributed by atoms with Crippen LogP contribution in [0, 0.1) is 6.92 Å². The fraction of sp³-hybridized carbons (Fsp3) is 0.111. The predicted octanol–water partition coefficient (Wildman–Crippen LogP) is 2.19. The van der Waals surface area contributed by atoms with E-state index < -0.39 is 5.91 Å². The molecule has 2 aromatic carbocycles. The van der Waals surface area contributed by atoms with Gasteiger partial charge < -0.3 is 9.47 Å². The molecule has 0 spiro atoms. The van der Waals surface area contributed by atoms with Gasteiger partial charge in [-0.3, -0.25) is 15.0 Å². The highest BCUT2D eigenvalue weighted by atomic mass is 16.7. The lowest BCUT2D eigenvalue weighted by molar-refractivity contribution is -0.117. The average molecular weight is 322 g/mol. The molecular weight excluding hydrogens is 308 g/mol. The number of benzene rings is 2. The number of hydrogen-bond acceptors (Lipinski definition) is 4. The molecule has 2 aromatic rings. The monoisotopic (exact) mass is 322 g/mol. The zero-order valence-electron chi connectivity index (χ0n) is 12.9. The number of hydrogen-bond donors (Lipinski definition) is 1. The Kier molecular flexibility index (Phi) is 3.23. The smallest absolute Gasteiger partial charge is 0.282 e. The Bertz CT molecular complexity index is 871. The van der Waals surface area contributed by atoms with E-state index in [2.05, 4.69) is 5.43 Å². The third-order valence-electron chi connectivity index (χ3n) is 3.89. The number of nitrogens with one attached hydrogen (secondary N) is 1. The maximum Gasteiger partial charge on any atom is 0.282 e. The van der Waals surface area contributed by atoms with Crippen LogP contribution in [-0.2, 0) is 9.59 Å². The third kappa shape index (κ3) is 2.38. The summed E-state index contributed by atoms with van der Waals surface area (Å²) in [4.78, 5) is 24.7. The molecule has 24 heavy (non-hydrogen) atoms. The fourth-order valence-electron chi connectivity index (χ4n) is 2.60. The minimum Gasteiger partial charge on any atom is -0.454 e. The molecule has 6 nitrogen and oxygen atoms in total. The maximum absolute atomic E-state index is 12.6. The summed E-state index contributed by atoms with van der Waals surface area (Å²) in [6.07, 6.45) is 1.55. The van der Waals surface area contributed by atoms with Crippen molar-refractivity contribution in [2.45, 2.75) is 6.92 Å². The summed E-state index contributed by atoms with van der Waals surface area (Å²) >= 11 is 0. The van der Waals surface area contributed by atoms with E-state index in [0.717, 1.165) is 5.56 Å². The Labute approximate surface area is 138 Å². The topological polar surface area (TPSA) is 67.9 Å². The summed E-state index contributed by atoms with van der Waals surface area (Å²) in [7, 11) is 0. The van der Waals surface area contributed by atoms with Crippen molar-refractivity contribution in [2.24, 2.45) is 0 Å². The largest absolute Gasteiger partial charge is 0.454 e. The van der Waals surface area contributed by atoms with Gasteiger partial charge in [-0.1, -0.05) is 23.8 Å². The summed E-state index contributed by atoms with van der Waals surface area (Å²) in [6.45, 7) is 2.13. The lowest BCUT2D eigenvalue weighted by atomic mass is 10.1. The Morgan fingerprint density at radius 2 is 1.79 bits per heavy atom. The quantitative estimate of drug-likeness (QED) is 0.680. The highest BCUT2D eigenvalue weighted by molar-refractivity contribution is 6.31. The molecule has 2 aliphatic heterocycles. The van der Waals surface area contributed by atoms with Crippen molar-refractivity contribution in [3.8, 4) is 11.5 Å². The van der Waals surface area contributed by atoms with Crippen LogP contribution < -0.4 is 19.9 Å². The number of ether oxygens (including phenoxy) is 2. The molecule has 2 heterocycles. The molecule has 0 radical (unpaired) electrons. The molecule has 4 rings (SSSR count). The van der Waals surface area contributed by atoms with Crippen LogP contribution in [0.25, 0.3) is 6.08 Å². The first kappa shape index (κ1) is 14.3. The molecule has 120 valence electrons. The van der Waals surface area contributed by atoms with E-state index in [0.29, 0.717) is 22.7 Å². The van der Waals surface area contributed by atoms with Gasteiger partial charge in [0, 0.05) is 0 Å². The maximum atomic E-state index is 12.6. The minimum atomic E-state index is -0.432. The number of nitrogens with zero attached hydrogens (tertiary/aromatic N) is 1. The van der Waals surface area contributed by atoms with E-state index in [1.165, 1.54) is 5.01 Å². The fourth-order valence-corrected chi connectivity index (χ4v) is 2.60. The van der Waals surface area contributed by atoms with E-state index >= 15 is 0 Å². The second-order valence-electron chi connectivity index (χ2n) is 5.59. The first-order valence-corrected chi connectivity index (χ1v) is 7.45. The van der Waals surface area contributed by atoms with Gasteiger partial charge in [-0.2, -0.15) is 0 Å². The normalized spacial score (nSPS) is 17.5. The van der Waals surface area contributed by atoms with Crippen molar-refractivity contribution in [1.82, 2.24) is 5.43 Å². The average Bonchev–Trinajstić information content (AvgIpc) is 3.15. The summed E-state index contributed by atoms with van der Waals surface area (Å²) in [6, 6.07) is 12.6. The number of hydrazine groups is 1. The Hall–Kier alpha value is -3.28. The Morgan fingerprint density at radius 1 is 1.04 bits per heavy atom. The summed E-state index contributed by atoms with van der Waals surface area (Å²) in [5, 5.41) is 1.25. The van der Waals surface area contributed by atoms with Crippen LogP contribution in [0.4, 0.5) is 5.69 Å². The van der Waals surface area contributed by atoms with Crippen LogP contribution >= 0.6 is 0 Å². The van der Waals surface area contributed by atoms with Crippen LogP contribution in [0.3, 0.4) is 0 Å². The van der Waals surface area contributed by atoms with Crippen molar-refractivity contribution >= 4 is 23.6 Å². The lowest BCUT2D eigenvalue weighted by Crippen LogP contribution is -2.35. The van der Waals surface area contributed by atoms with Gasteiger partial charge in [0.15, 0.2) is 11.5 Å². The van der Waals surface area contributed by atoms with Gasteiger partial charge in [0.1, 0.15) is 5.57 Å². The van der Waals surface area contributed by atoms with Crippen LogP contribution in [0.5, 0.6) is 11.5 Å². The zero-order valence-corrected chi connectivity index (χ0v) is 12.9. The molecule has 0 aliphatic carbocycles. The SMILES string of the molecule is Cc1ccc(N2NC(=O)/C(=C\c3ccc4c(c3)OCO4)C2=O)cc1. The van der Waals surface area contributed by atoms with Crippen molar-refractivity contribution < 1.29 is 19.1 Å². The first-order valence-electron chi connectivity index (χ1n) is 7.45. The number of carbonyl (C=O) groups excluding carboxylic acids is 2. The van der Waals surface area contributed by atoms with E-state index in [9.17, 15) is 9.59 Å². The van der Waals surface area contributed by atoms with Crippen LogP contribution in [0.1, 0.15) is 11.1 Å². The van der Waals surface area contributed by atoms with Gasteiger partial charge in [0.25, 0.3) is 11.8 Å². The van der Waals surface area contributed by atoms with Crippen molar-refractivity contribution in [2.75, 3.05) is 11.8 Å². The number of rotatable bonds is 2. The molecule has 6 heteroatoms. The molecule has 0 atom stereocenters. The summed E-state index contributed by atoms with van der Waals surface area (Å²) < 4.78 is 10.6. The molecule has 0 unspecified atom stereocenters. The zero-order chi connectivity index (χ0) is 16.7. The number of carbonyl (C=O) groups is 2. The predicted molar refractivity (Wildman–Crippen MR) is 87.3 cm³/mol. The van der Waals surface area contributed by atoms with Crippen LogP contribution in [-0.4, -0.2) is 18.6 Å². The highest BCUT2D eigenvalue weighted by Crippen LogP contribution is 2.33. The molecule has 1 fully saturated rings. The number of aryl methyl sites for hydroxylation is 1. The number of fused-ring (bicyclic) bond motifs is 1. The first-order chi connectivity index (χ1) is 11.6. The molecule has 1 N–H and O–H groups in total. The standard InChI is InChI=1S/C18H14N2O4/c1-11-2-5-13(6-3-11)20-18(22)14(17(21)19-20)8-12-4-7-15-16(9-12)24-10-23-15/h2-9H,10H2,1H3,(H,19,21)/b14-8+. The summed E-state index contributed by atoms with van der Waals surface area (Å²) in [5.41, 5.74) is 5.05.